The molecule has 0 N–H and O–H groups in total. The zero-order valence-electron chi connectivity index (χ0n) is 10.3. The van der Waals surface area contributed by atoms with Crippen LogP contribution in [0.4, 0.5) is 0 Å². The Hall–Kier alpha value is -0.900. The molecule has 0 amide bonds. The van der Waals surface area contributed by atoms with E-state index >= 15 is 0 Å². The predicted octanol–water partition coefficient (Wildman–Crippen LogP) is 2.08. The molecule has 1 saturated heterocycles. The van der Waals surface area contributed by atoms with Gasteiger partial charge in [-0.05, 0) is 18.8 Å². The Morgan fingerprint density at radius 3 is 2.47 bits per heavy atom. The van der Waals surface area contributed by atoms with Gasteiger partial charge in [-0.3, -0.25) is 9.59 Å². The number of nitrogens with zero attached hydrogens (tertiary/aromatic N) is 1. The van der Waals surface area contributed by atoms with E-state index in [0.717, 1.165) is 12.8 Å². The lowest BCUT2D eigenvalue weighted by molar-refractivity contribution is -0.196. The van der Waals surface area contributed by atoms with Gasteiger partial charge in [0.05, 0.1) is 6.42 Å². The lowest BCUT2D eigenvalue weighted by Gasteiger charge is -2.26. The van der Waals surface area contributed by atoms with Crippen LogP contribution in [0.15, 0.2) is 0 Å². The summed E-state index contributed by atoms with van der Waals surface area (Å²) in [5, 5.41) is 1.65. The molecule has 1 aliphatic heterocycles. The van der Waals surface area contributed by atoms with Crippen LogP contribution in [0.3, 0.4) is 0 Å². The minimum atomic E-state index is -0.119. The van der Waals surface area contributed by atoms with E-state index < -0.39 is 0 Å². The molecule has 1 aliphatic carbocycles. The molecule has 1 saturated carbocycles. The van der Waals surface area contributed by atoms with Crippen LogP contribution in [0.5, 0.6) is 0 Å². The van der Waals surface area contributed by atoms with Crippen LogP contribution >= 0.6 is 0 Å². The Morgan fingerprint density at radius 2 is 1.82 bits per heavy atom. The van der Waals surface area contributed by atoms with Crippen LogP contribution < -0.4 is 0 Å². The van der Waals surface area contributed by atoms with Crippen LogP contribution in [0.25, 0.3) is 0 Å². The van der Waals surface area contributed by atoms with Crippen molar-refractivity contribution < 1.29 is 14.4 Å². The highest BCUT2D eigenvalue weighted by Crippen LogP contribution is 2.26. The van der Waals surface area contributed by atoms with Gasteiger partial charge >= 0.3 is 5.97 Å². The number of ketones is 1. The van der Waals surface area contributed by atoms with E-state index in [2.05, 4.69) is 0 Å². The highest BCUT2D eigenvalue weighted by atomic mass is 16.7. The predicted molar refractivity (Wildman–Crippen MR) is 63.1 cm³/mol. The summed E-state index contributed by atoms with van der Waals surface area (Å²) in [5.74, 6) is 0.665. The average Bonchev–Trinajstić information content (AvgIpc) is 2.33. The van der Waals surface area contributed by atoms with Crippen LogP contribution in [-0.2, 0) is 14.4 Å². The van der Waals surface area contributed by atoms with Gasteiger partial charge in [0.2, 0.25) is 0 Å². The van der Waals surface area contributed by atoms with Gasteiger partial charge in [0.15, 0.2) is 0 Å². The largest absolute Gasteiger partial charge is 0.368 e. The van der Waals surface area contributed by atoms with Gasteiger partial charge in [-0.25, -0.2) is 0 Å². The van der Waals surface area contributed by atoms with Crippen LogP contribution in [0.2, 0.25) is 0 Å². The molecule has 0 atom stereocenters. The number of hydrogen-bond donors (Lipinski definition) is 0. The van der Waals surface area contributed by atoms with Crippen molar-refractivity contribution in [3.05, 3.63) is 0 Å². The van der Waals surface area contributed by atoms with Crippen molar-refractivity contribution in [3.8, 4) is 0 Å². The summed E-state index contributed by atoms with van der Waals surface area (Å²) in [6.07, 6.45) is 7.69. The molecular weight excluding hydrogens is 218 g/mol. The molecule has 0 aromatic heterocycles. The first kappa shape index (κ1) is 12.6. The van der Waals surface area contributed by atoms with E-state index in [4.69, 9.17) is 4.84 Å². The number of Topliss-reactive ketones (excluding diaryl/α,β-unsaturated/α-hetero) is 1. The van der Waals surface area contributed by atoms with E-state index in [1.807, 2.05) is 0 Å². The van der Waals surface area contributed by atoms with E-state index in [1.54, 1.807) is 5.06 Å². The first-order chi connectivity index (χ1) is 8.24. The SMILES string of the molecule is O=C1CCN(OC(=O)CC2CCCCC2)CC1. The number of carbonyl (C=O) groups is 2. The Morgan fingerprint density at radius 1 is 1.18 bits per heavy atom. The van der Waals surface area contributed by atoms with Gasteiger partial charge in [-0.2, -0.15) is 0 Å². The zero-order chi connectivity index (χ0) is 12.1. The molecule has 0 aromatic carbocycles. The smallest absolute Gasteiger partial charge is 0.325 e. The maximum absolute atomic E-state index is 11.7. The molecule has 2 fully saturated rings. The summed E-state index contributed by atoms with van der Waals surface area (Å²) in [6, 6.07) is 0. The van der Waals surface area contributed by atoms with Crippen molar-refractivity contribution in [2.45, 2.75) is 51.4 Å². The maximum Gasteiger partial charge on any atom is 0.325 e. The Bertz CT molecular complexity index is 274. The molecule has 0 spiro atoms. The monoisotopic (exact) mass is 239 g/mol. The van der Waals surface area contributed by atoms with Crippen molar-refractivity contribution in [2.24, 2.45) is 5.92 Å². The summed E-state index contributed by atoms with van der Waals surface area (Å²) >= 11 is 0. The van der Waals surface area contributed by atoms with Gasteiger partial charge in [-0.15, -0.1) is 5.06 Å². The second kappa shape index (κ2) is 6.15. The minimum absolute atomic E-state index is 0.119. The fraction of sp³-hybridized carbons (Fsp3) is 0.846. The lowest BCUT2D eigenvalue weighted by Crippen LogP contribution is -2.36. The molecular formula is C13H21NO3. The normalized spacial score (nSPS) is 23.6. The minimum Gasteiger partial charge on any atom is -0.368 e. The summed E-state index contributed by atoms with van der Waals surface area (Å²) in [5.41, 5.74) is 0. The summed E-state index contributed by atoms with van der Waals surface area (Å²) in [4.78, 5) is 28.0. The van der Waals surface area contributed by atoms with Crippen LogP contribution in [0.1, 0.15) is 51.4 Å². The lowest BCUT2D eigenvalue weighted by atomic mass is 9.87. The molecule has 0 unspecified atom stereocenters. The van der Waals surface area contributed by atoms with Crippen molar-refractivity contribution in [1.29, 1.82) is 0 Å². The van der Waals surface area contributed by atoms with Crippen molar-refractivity contribution >= 4 is 11.8 Å². The number of piperidine rings is 1. The Balaban J connectivity index is 1.67. The third-order valence-electron chi connectivity index (χ3n) is 3.69. The highest BCUT2D eigenvalue weighted by molar-refractivity contribution is 5.79. The van der Waals surface area contributed by atoms with Crippen LogP contribution in [0, 0.1) is 5.92 Å². The Labute approximate surface area is 102 Å². The molecule has 2 aliphatic rings. The van der Waals surface area contributed by atoms with Gasteiger partial charge < -0.3 is 4.84 Å². The highest BCUT2D eigenvalue weighted by Gasteiger charge is 2.22. The fourth-order valence-electron chi connectivity index (χ4n) is 2.64. The number of hydroxylamine groups is 2. The molecule has 1 heterocycles. The van der Waals surface area contributed by atoms with Crippen molar-refractivity contribution in [1.82, 2.24) is 5.06 Å². The number of rotatable bonds is 3. The third kappa shape index (κ3) is 4.11. The number of hydrogen-bond acceptors (Lipinski definition) is 4. The van der Waals surface area contributed by atoms with Gasteiger partial charge in [0.25, 0.3) is 0 Å². The number of carbonyl (C=O) groups excluding carboxylic acids is 2. The summed E-state index contributed by atoms with van der Waals surface area (Å²) in [7, 11) is 0. The molecule has 4 heteroatoms. The molecule has 4 nitrogen and oxygen atoms in total. The summed E-state index contributed by atoms with van der Waals surface area (Å²) in [6.45, 7) is 1.13. The molecule has 0 radical (unpaired) electrons. The van der Waals surface area contributed by atoms with Crippen molar-refractivity contribution in [3.63, 3.8) is 0 Å². The standard InChI is InChI=1S/C13H21NO3/c15-12-6-8-14(9-7-12)17-13(16)10-11-4-2-1-3-5-11/h11H,1-10H2. The molecule has 0 bridgehead atoms. The first-order valence-electron chi connectivity index (χ1n) is 6.71. The zero-order valence-corrected chi connectivity index (χ0v) is 10.3. The second-order valence-corrected chi connectivity index (χ2v) is 5.14. The van der Waals surface area contributed by atoms with E-state index in [9.17, 15) is 9.59 Å². The van der Waals surface area contributed by atoms with E-state index in [1.165, 1.54) is 19.3 Å². The molecule has 17 heavy (non-hydrogen) atoms. The second-order valence-electron chi connectivity index (χ2n) is 5.14. The maximum atomic E-state index is 11.7. The van der Waals surface area contributed by atoms with E-state index in [-0.39, 0.29) is 11.8 Å². The van der Waals surface area contributed by atoms with Gasteiger partial charge in [0.1, 0.15) is 5.78 Å². The van der Waals surface area contributed by atoms with Gasteiger partial charge in [-0.1, -0.05) is 19.3 Å². The average molecular weight is 239 g/mol. The molecule has 2 rings (SSSR count). The van der Waals surface area contributed by atoms with Gasteiger partial charge in [0, 0.05) is 25.9 Å². The first-order valence-corrected chi connectivity index (χ1v) is 6.71. The fourth-order valence-corrected chi connectivity index (χ4v) is 2.64. The molecule has 96 valence electrons. The quantitative estimate of drug-likeness (QED) is 0.756. The molecule has 0 aromatic rings. The Kier molecular flexibility index (Phi) is 4.54. The van der Waals surface area contributed by atoms with Crippen molar-refractivity contribution in [2.75, 3.05) is 13.1 Å². The topological polar surface area (TPSA) is 46.6 Å². The van der Waals surface area contributed by atoms with Crippen LogP contribution in [-0.4, -0.2) is 29.9 Å². The third-order valence-corrected chi connectivity index (χ3v) is 3.69. The summed E-state index contributed by atoms with van der Waals surface area (Å²) < 4.78 is 0. The van der Waals surface area contributed by atoms with E-state index in [0.29, 0.717) is 38.3 Å².